The summed E-state index contributed by atoms with van der Waals surface area (Å²) in [6, 6.07) is 7.91. The third kappa shape index (κ3) is 4.99. The number of rotatable bonds is 9. The number of pyridine rings is 1. The molecule has 0 saturated heterocycles. The smallest absolute Gasteiger partial charge is 0.266 e. The predicted octanol–water partition coefficient (Wildman–Crippen LogP) is 3.11. The second kappa shape index (κ2) is 8.57. The van der Waals surface area contributed by atoms with Crippen LogP contribution in [-0.2, 0) is 10.0 Å². The summed E-state index contributed by atoms with van der Waals surface area (Å²) in [4.78, 5) is 4.16. The maximum Gasteiger partial charge on any atom is 0.266 e. The first-order valence-electron chi connectivity index (χ1n) is 7.95. The van der Waals surface area contributed by atoms with Crippen molar-refractivity contribution in [2.45, 2.75) is 24.7 Å². The average molecular weight is 365 g/mol. The van der Waals surface area contributed by atoms with Gasteiger partial charge in [0.05, 0.1) is 26.1 Å². The minimum atomic E-state index is -3.83. The first kappa shape index (κ1) is 18.9. The summed E-state index contributed by atoms with van der Waals surface area (Å²) in [6.45, 7) is 2.97. The number of aromatic nitrogens is 1. The summed E-state index contributed by atoms with van der Waals surface area (Å²) in [5.74, 6) is 0.944. The molecule has 0 aliphatic rings. The molecule has 2 rings (SSSR count). The second-order valence-corrected chi connectivity index (χ2v) is 6.99. The van der Waals surface area contributed by atoms with Gasteiger partial charge < -0.3 is 14.8 Å². The third-order valence-electron chi connectivity index (χ3n) is 3.52. The molecule has 0 spiro atoms. The number of unbranched alkanes of at least 4 members (excludes halogenated alkanes) is 1. The van der Waals surface area contributed by atoms with Crippen molar-refractivity contribution in [3.8, 4) is 11.5 Å². The van der Waals surface area contributed by atoms with E-state index in [2.05, 4.69) is 21.9 Å². The van der Waals surface area contributed by atoms with Crippen LogP contribution in [0.5, 0.6) is 11.5 Å². The topological polar surface area (TPSA) is 89.5 Å². The summed E-state index contributed by atoms with van der Waals surface area (Å²) >= 11 is 0. The van der Waals surface area contributed by atoms with Crippen LogP contribution in [0, 0.1) is 0 Å². The highest BCUT2D eigenvalue weighted by molar-refractivity contribution is 7.92. The van der Waals surface area contributed by atoms with Crippen LogP contribution in [0.1, 0.15) is 19.8 Å². The lowest BCUT2D eigenvalue weighted by Gasteiger charge is -2.12. The largest absolute Gasteiger partial charge is 0.497 e. The fourth-order valence-electron chi connectivity index (χ4n) is 2.16. The SMILES string of the molecule is CCCCNc1ccc(NS(=O)(=O)c2ccc(OC)cc2OC)nc1. The first-order chi connectivity index (χ1) is 12.0. The van der Waals surface area contributed by atoms with Gasteiger partial charge in [0, 0.05) is 12.6 Å². The molecule has 2 N–H and O–H groups in total. The van der Waals surface area contributed by atoms with E-state index in [4.69, 9.17) is 9.47 Å². The fourth-order valence-corrected chi connectivity index (χ4v) is 3.32. The van der Waals surface area contributed by atoms with Gasteiger partial charge in [0.15, 0.2) is 0 Å². The van der Waals surface area contributed by atoms with Crippen LogP contribution in [0.25, 0.3) is 0 Å². The van der Waals surface area contributed by atoms with Crippen molar-refractivity contribution in [2.24, 2.45) is 0 Å². The Bertz CT molecular complexity index is 792. The molecule has 136 valence electrons. The van der Waals surface area contributed by atoms with Gasteiger partial charge in [0.2, 0.25) is 0 Å². The summed E-state index contributed by atoms with van der Waals surface area (Å²) in [5, 5.41) is 3.22. The molecule has 7 nitrogen and oxygen atoms in total. The molecule has 8 heteroatoms. The van der Waals surface area contributed by atoms with Gasteiger partial charge in [-0.15, -0.1) is 0 Å². The molecule has 25 heavy (non-hydrogen) atoms. The zero-order valence-corrected chi connectivity index (χ0v) is 15.4. The Kier molecular flexibility index (Phi) is 6.46. The number of methoxy groups -OCH3 is 2. The molecular weight excluding hydrogens is 342 g/mol. The van der Waals surface area contributed by atoms with Crippen molar-refractivity contribution in [3.63, 3.8) is 0 Å². The molecule has 0 amide bonds. The Morgan fingerprint density at radius 1 is 1.12 bits per heavy atom. The highest BCUT2D eigenvalue weighted by Gasteiger charge is 2.20. The van der Waals surface area contributed by atoms with Gasteiger partial charge >= 0.3 is 0 Å². The second-order valence-electron chi connectivity index (χ2n) is 5.33. The molecule has 0 atom stereocenters. The maximum absolute atomic E-state index is 12.6. The summed E-state index contributed by atoms with van der Waals surface area (Å²) < 4.78 is 37.9. The Morgan fingerprint density at radius 3 is 2.52 bits per heavy atom. The van der Waals surface area contributed by atoms with Crippen molar-refractivity contribution in [3.05, 3.63) is 36.5 Å². The van der Waals surface area contributed by atoms with E-state index in [1.54, 1.807) is 24.4 Å². The van der Waals surface area contributed by atoms with Crippen LogP contribution in [0.3, 0.4) is 0 Å². The van der Waals surface area contributed by atoms with E-state index in [9.17, 15) is 8.42 Å². The molecule has 0 aliphatic carbocycles. The van der Waals surface area contributed by atoms with Gasteiger partial charge in [-0.2, -0.15) is 0 Å². The van der Waals surface area contributed by atoms with Gasteiger partial charge in [-0.05, 0) is 30.7 Å². The van der Waals surface area contributed by atoms with Gasteiger partial charge in [0.25, 0.3) is 10.0 Å². The van der Waals surface area contributed by atoms with Crippen molar-refractivity contribution >= 4 is 21.5 Å². The van der Waals surface area contributed by atoms with Crippen LogP contribution in [-0.4, -0.2) is 34.2 Å². The van der Waals surface area contributed by atoms with Crippen LogP contribution >= 0.6 is 0 Å². The summed E-state index contributed by atoms with van der Waals surface area (Å²) in [6.07, 6.45) is 3.76. The lowest BCUT2D eigenvalue weighted by molar-refractivity contribution is 0.386. The van der Waals surface area contributed by atoms with E-state index >= 15 is 0 Å². The van der Waals surface area contributed by atoms with Crippen LogP contribution in [0.15, 0.2) is 41.4 Å². The minimum Gasteiger partial charge on any atom is -0.497 e. The monoisotopic (exact) mass is 365 g/mol. The van der Waals surface area contributed by atoms with E-state index in [1.807, 2.05) is 0 Å². The molecule has 1 heterocycles. The molecule has 0 radical (unpaired) electrons. The Balaban J connectivity index is 2.16. The number of nitrogens with zero attached hydrogens (tertiary/aromatic N) is 1. The molecule has 2 aromatic rings. The lowest BCUT2D eigenvalue weighted by atomic mass is 10.3. The number of ether oxygens (including phenoxy) is 2. The normalized spacial score (nSPS) is 11.0. The minimum absolute atomic E-state index is 0.0164. The van der Waals surface area contributed by atoms with Crippen molar-refractivity contribution in [1.82, 2.24) is 4.98 Å². The zero-order valence-electron chi connectivity index (χ0n) is 14.6. The molecule has 0 saturated carbocycles. The first-order valence-corrected chi connectivity index (χ1v) is 9.43. The van der Waals surface area contributed by atoms with E-state index < -0.39 is 10.0 Å². The Hall–Kier alpha value is -2.48. The number of hydrogen-bond donors (Lipinski definition) is 2. The number of benzene rings is 1. The number of nitrogens with one attached hydrogen (secondary N) is 2. The highest BCUT2D eigenvalue weighted by atomic mass is 32.2. The zero-order chi connectivity index (χ0) is 18.3. The van der Waals surface area contributed by atoms with Crippen molar-refractivity contribution in [1.29, 1.82) is 0 Å². The molecule has 1 aromatic heterocycles. The highest BCUT2D eigenvalue weighted by Crippen LogP contribution is 2.29. The summed E-state index contributed by atoms with van der Waals surface area (Å²) in [7, 11) is -0.922. The van der Waals surface area contributed by atoms with Gasteiger partial charge in [-0.3, -0.25) is 4.72 Å². The van der Waals surface area contributed by atoms with Crippen molar-refractivity contribution in [2.75, 3.05) is 30.8 Å². The van der Waals surface area contributed by atoms with Crippen LogP contribution in [0.4, 0.5) is 11.5 Å². The van der Waals surface area contributed by atoms with Crippen LogP contribution in [0.2, 0.25) is 0 Å². The van der Waals surface area contributed by atoms with E-state index in [0.717, 1.165) is 25.1 Å². The van der Waals surface area contributed by atoms with Gasteiger partial charge in [-0.25, -0.2) is 13.4 Å². The molecule has 0 unspecified atom stereocenters. The molecule has 1 aromatic carbocycles. The molecular formula is C17H23N3O4S. The average Bonchev–Trinajstić information content (AvgIpc) is 2.62. The van der Waals surface area contributed by atoms with Crippen LogP contribution < -0.4 is 19.5 Å². The summed E-state index contributed by atoms with van der Waals surface area (Å²) in [5.41, 5.74) is 0.846. The van der Waals surface area contributed by atoms with E-state index in [1.165, 1.54) is 26.4 Å². The van der Waals surface area contributed by atoms with E-state index in [0.29, 0.717) is 5.75 Å². The Labute approximate surface area is 148 Å². The molecule has 0 fully saturated rings. The molecule has 0 bridgehead atoms. The van der Waals surface area contributed by atoms with Crippen molar-refractivity contribution < 1.29 is 17.9 Å². The quantitative estimate of drug-likeness (QED) is 0.664. The van der Waals surface area contributed by atoms with E-state index in [-0.39, 0.29) is 16.5 Å². The maximum atomic E-state index is 12.6. The van der Waals surface area contributed by atoms with Gasteiger partial charge in [-0.1, -0.05) is 13.3 Å². The number of sulfonamides is 1. The van der Waals surface area contributed by atoms with Gasteiger partial charge in [0.1, 0.15) is 22.2 Å². The predicted molar refractivity (Wildman–Crippen MR) is 98.0 cm³/mol. The number of anilines is 2. The Morgan fingerprint density at radius 2 is 1.92 bits per heavy atom. The molecule has 0 aliphatic heterocycles. The number of hydrogen-bond acceptors (Lipinski definition) is 6. The fraction of sp³-hybridized carbons (Fsp3) is 0.353. The standard InChI is InChI=1S/C17H23N3O4S/c1-4-5-10-18-13-6-9-17(19-12-13)20-25(21,22)16-8-7-14(23-2)11-15(16)24-3/h6-9,11-12,18H,4-5,10H2,1-3H3,(H,19,20). The lowest BCUT2D eigenvalue weighted by Crippen LogP contribution is -2.15. The third-order valence-corrected chi connectivity index (χ3v) is 4.92.